The molecule has 1 aromatic carbocycles. The summed E-state index contributed by atoms with van der Waals surface area (Å²) in [5, 5.41) is 3.48. The van der Waals surface area contributed by atoms with Crippen LogP contribution < -0.4 is 5.32 Å². The van der Waals surface area contributed by atoms with Crippen LogP contribution in [0.5, 0.6) is 0 Å². The molecule has 1 atom stereocenters. The Balaban J connectivity index is 1.10. The maximum atomic E-state index is 12.9. The fraction of sp³-hybridized carbons (Fsp3) is 0.290. The Hall–Kier alpha value is -4.70. The van der Waals surface area contributed by atoms with Gasteiger partial charge < -0.3 is 20.2 Å². The molecule has 10 nitrogen and oxygen atoms in total. The van der Waals surface area contributed by atoms with E-state index in [2.05, 4.69) is 59.3 Å². The molecule has 0 aliphatic carbocycles. The smallest absolute Gasteiger partial charge is 0.227 e. The number of aromatic amines is 2. The summed E-state index contributed by atoms with van der Waals surface area (Å²) >= 11 is 0. The molecule has 3 N–H and O–H groups in total. The van der Waals surface area contributed by atoms with Gasteiger partial charge in [0.2, 0.25) is 5.91 Å². The van der Waals surface area contributed by atoms with E-state index in [1.54, 1.807) is 31.0 Å². The van der Waals surface area contributed by atoms with Gasteiger partial charge in [0.25, 0.3) is 0 Å². The summed E-state index contributed by atoms with van der Waals surface area (Å²) in [5.74, 6) is 2.42. The fourth-order valence-corrected chi connectivity index (χ4v) is 5.11. The van der Waals surface area contributed by atoms with Crippen molar-refractivity contribution in [3.8, 4) is 33.9 Å². The van der Waals surface area contributed by atoms with E-state index in [9.17, 15) is 4.79 Å². The number of rotatable bonds is 10. The molecule has 1 amide bonds. The van der Waals surface area contributed by atoms with Crippen molar-refractivity contribution in [3.05, 3.63) is 90.8 Å². The van der Waals surface area contributed by atoms with Gasteiger partial charge in [-0.1, -0.05) is 37.3 Å². The minimum Gasteiger partial charge on any atom is -0.341 e. The number of H-pyrrole nitrogens is 2. The largest absolute Gasteiger partial charge is 0.341 e. The monoisotopic (exact) mass is 547 g/mol. The molecule has 5 aromatic rings. The van der Waals surface area contributed by atoms with Gasteiger partial charge in [-0.3, -0.25) is 9.78 Å². The normalized spacial score (nSPS) is 14.8. The molecule has 1 aliphatic rings. The maximum absolute atomic E-state index is 12.9. The van der Waals surface area contributed by atoms with Crippen LogP contribution in [0.3, 0.4) is 0 Å². The zero-order valence-corrected chi connectivity index (χ0v) is 23.0. The highest BCUT2D eigenvalue weighted by Gasteiger charge is 2.19. The van der Waals surface area contributed by atoms with Crippen LogP contribution in [0.2, 0.25) is 0 Å². The van der Waals surface area contributed by atoms with E-state index in [1.165, 1.54) is 6.42 Å². The highest BCUT2D eigenvalue weighted by atomic mass is 16.2. The fourth-order valence-electron chi connectivity index (χ4n) is 5.11. The van der Waals surface area contributed by atoms with Crippen molar-refractivity contribution in [1.29, 1.82) is 0 Å². The second-order valence-corrected chi connectivity index (χ2v) is 10.3. The predicted octanol–water partition coefficient (Wildman–Crippen LogP) is 4.72. The Kier molecular flexibility index (Phi) is 7.90. The lowest BCUT2D eigenvalue weighted by atomic mass is 10.1. The third-order valence-electron chi connectivity index (χ3n) is 7.30. The second-order valence-electron chi connectivity index (χ2n) is 10.3. The van der Waals surface area contributed by atoms with Gasteiger partial charge in [-0.05, 0) is 43.0 Å². The third-order valence-corrected chi connectivity index (χ3v) is 7.30. The van der Waals surface area contributed by atoms with Gasteiger partial charge in [-0.2, -0.15) is 0 Å². The molecule has 0 radical (unpaired) electrons. The number of nitrogens with zero attached hydrogens (tertiary/aromatic N) is 6. The summed E-state index contributed by atoms with van der Waals surface area (Å²) in [7, 11) is 0. The number of aromatic nitrogens is 7. The summed E-state index contributed by atoms with van der Waals surface area (Å²) in [6.07, 6.45) is 14.2. The molecule has 0 unspecified atom stereocenters. The van der Waals surface area contributed by atoms with Gasteiger partial charge >= 0.3 is 0 Å². The van der Waals surface area contributed by atoms with Crippen LogP contribution in [-0.4, -0.2) is 58.8 Å². The van der Waals surface area contributed by atoms with E-state index >= 15 is 0 Å². The first-order chi connectivity index (χ1) is 20.2. The number of pyridine rings is 1. The molecule has 1 fully saturated rings. The second kappa shape index (κ2) is 12.2. The molecule has 0 spiro atoms. The van der Waals surface area contributed by atoms with Crippen molar-refractivity contribution >= 4 is 5.91 Å². The van der Waals surface area contributed by atoms with E-state index in [4.69, 9.17) is 0 Å². The Morgan fingerprint density at radius 2 is 1.68 bits per heavy atom. The van der Waals surface area contributed by atoms with Crippen LogP contribution >= 0.6 is 0 Å². The average molecular weight is 548 g/mol. The molecule has 10 heteroatoms. The maximum Gasteiger partial charge on any atom is 0.227 e. The molecule has 5 heterocycles. The Labute approximate surface area is 238 Å². The highest BCUT2D eigenvalue weighted by Crippen LogP contribution is 2.26. The van der Waals surface area contributed by atoms with Gasteiger partial charge in [-0.15, -0.1) is 0 Å². The summed E-state index contributed by atoms with van der Waals surface area (Å²) in [4.78, 5) is 44.0. The molecule has 0 saturated carbocycles. The molecular weight excluding hydrogens is 514 g/mol. The first-order valence-corrected chi connectivity index (χ1v) is 14.1. The number of imidazole rings is 2. The van der Waals surface area contributed by atoms with Crippen molar-refractivity contribution in [2.24, 2.45) is 0 Å². The van der Waals surface area contributed by atoms with Gasteiger partial charge in [-0.25, -0.2) is 19.9 Å². The SMILES string of the molecule is CCCN(Cc1ncc(-c2cnc(-c3ccc(-c4cnc([C@@H]5CCCN5)[nH]4)cc3)nc2)[nH]1)C(=O)Cc1cccnc1. The zero-order chi connectivity index (χ0) is 28.0. The van der Waals surface area contributed by atoms with Crippen molar-refractivity contribution in [2.75, 3.05) is 13.1 Å². The predicted molar refractivity (Wildman–Crippen MR) is 156 cm³/mol. The standard InChI is InChI=1S/C31H33N9O/c1-2-13-40(29(41)14-21-5-3-11-32-15-21)20-28-34-18-27(38-28)24-16-35-30(36-17-24)23-9-7-22(8-10-23)26-19-37-31(39-26)25-6-4-12-33-25/h3,5,7-11,15-19,25,33H,2,4,6,12-14,20H2,1H3,(H,34,38)(H,37,39)/t25-/m0/s1. The lowest BCUT2D eigenvalue weighted by Crippen LogP contribution is -2.33. The quantitative estimate of drug-likeness (QED) is 0.231. The number of amides is 1. The number of carbonyl (C=O) groups excluding carboxylic acids is 1. The van der Waals surface area contributed by atoms with Crippen LogP contribution in [0.15, 0.2) is 73.6 Å². The Morgan fingerprint density at radius 3 is 2.41 bits per heavy atom. The summed E-state index contributed by atoms with van der Waals surface area (Å²) in [5.41, 5.74) is 5.55. The van der Waals surface area contributed by atoms with Gasteiger partial charge in [0.05, 0.1) is 42.8 Å². The minimum absolute atomic E-state index is 0.0512. The van der Waals surface area contributed by atoms with Crippen molar-refractivity contribution in [1.82, 2.24) is 45.1 Å². The molecule has 4 aromatic heterocycles. The van der Waals surface area contributed by atoms with Gasteiger partial charge in [0, 0.05) is 42.5 Å². The first kappa shape index (κ1) is 26.5. The molecule has 0 bridgehead atoms. The number of hydrogen-bond acceptors (Lipinski definition) is 7. The van der Waals surface area contributed by atoms with Crippen LogP contribution in [0.25, 0.3) is 33.9 Å². The molecule has 208 valence electrons. The van der Waals surface area contributed by atoms with E-state index < -0.39 is 0 Å². The van der Waals surface area contributed by atoms with Crippen molar-refractivity contribution in [2.45, 2.75) is 45.2 Å². The van der Waals surface area contributed by atoms with Crippen LogP contribution in [0.1, 0.15) is 49.4 Å². The van der Waals surface area contributed by atoms with E-state index in [0.717, 1.165) is 64.7 Å². The lowest BCUT2D eigenvalue weighted by molar-refractivity contribution is -0.131. The first-order valence-electron chi connectivity index (χ1n) is 14.1. The van der Waals surface area contributed by atoms with Gasteiger partial charge in [0.1, 0.15) is 11.6 Å². The molecule has 1 saturated heterocycles. The highest BCUT2D eigenvalue weighted by molar-refractivity contribution is 5.78. The van der Waals surface area contributed by atoms with Crippen LogP contribution in [0, 0.1) is 0 Å². The molecular formula is C31H33N9O. The number of carbonyl (C=O) groups is 1. The lowest BCUT2D eigenvalue weighted by Gasteiger charge is -2.21. The van der Waals surface area contributed by atoms with E-state index in [-0.39, 0.29) is 5.91 Å². The number of nitrogens with one attached hydrogen (secondary N) is 3. The molecule has 41 heavy (non-hydrogen) atoms. The number of benzene rings is 1. The summed E-state index contributed by atoms with van der Waals surface area (Å²) in [6, 6.07) is 12.3. The van der Waals surface area contributed by atoms with Crippen LogP contribution in [-0.2, 0) is 17.8 Å². The molecule has 6 rings (SSSR count). The van der Waals surface area contributed by atoms with Crippen molar-refractivity contribution in [3.63, 3.8) is 0 Å². The summed E-state index contributed by atoms with van der Waals surface area (Å²) < 4.78 is 0. The molecule has 1 aliphatic heterocycles. The van der Waals surface area contributed by atoms with Crippen LogP contribution in [0.4, 0.5) is 0 Å². The van der Waals surface area contributed by atoms with Crippen molar-refractivity contribution < 1.29 is 4.79 Å². The topological polar surface area (TPSA) is 128 Å². The zero-order valence-electron chi connectivity index (χ0n) is 23.0. The average Bonchev–Trinajstić information content (AvgIpc) is 3.80. The minimum atomic E-state index is 0.0512. The Bertz CT molecular complexity index is 1570. The number of hydrogen-bond donors (Lipinski definition) is 3. The Morgan fingerprint density at radius 1 is 0.902 bits per heavy atom. The van der Waals surface area contributed by atoms with E-state index in [0.29, 0.717) is 31.4 Å². The summed E-state index contributed by atoms with van der Waals surface area (Å²) in [6.45, 7) is 4.17. The third kappa shape index (κ3) is 6.22. The van der Waals surface area contributed by atoms with E-state index in [1.807, 2.05) is 35.4 Å². The van der Waals surface area contributed by atoms with Gasteiger partial charge in [0.15, 0.2) is 5.82 Å².